The number of anilines is 3. The molecule has 0 saturated carbocycles. The fourth-order valence-electron chi connectivity index (χ4n) is 3.82. The molecule has 6 N–H and O–H groups in total. The topological polar surface area (TPSA) is 144 Å². The largest absolute Gasteiger partial charge is 0.478 e. The first-order valence-electron chi connectivity index (χ1n) is 10.7. The summed E-state index contributed by atoms with van der Waals surface area (Å²) in [6.45, 7) is 4.01. The van der Waals surface area contributed by atoms with Crippen LogP contribution in [-0.4, -0.2) is 47.8 Å². The monoisotopic (exact) mass is 436 g/mol. The van der Waals surface area contributed by atoms with Crippen LogP contribution in [0.5, 0.6) is 0 Å². The van der Waals surface area contributed by atoms with E-state index < -0.39 is 5.91 Å². The average molecular weight is 437 g/mol. The van der Waals surface area contributed by atoms with Gasteiger partial charge in [-0.3, -0.25) is 14.8 Å². The minimum Gasteiger partial charge on any atom is -0.478 e. The van der Waals surface area contributed by atoms with Crippen molar-refractivity contribution in [2.24, 2.45) is 10.7 Å². The molecule has 168 valence electrons. The van der Waals surface area contributed by atoms with Crippen molar-refractivity contribution in [2.75, 3.05) is 35.6 Å². The molecule has 10 nitrogen and oxygen atoms in total. The van der Waals surface area contributed by atoms with Crippen LogP contribution >= 0.6 is 0 Å². The minimum atomic E-state index is -0.409. The van der Waals surface area contributed by atoms with Crippen molar-refractivity contribution in [1.82, 2.24) is 15.3 Å². The molecule has 0 spiro atoms. The summed E-state index contributed by atoms with van der Waals surface area (Å²) >= 11 is 0. The summed E-state index contributed by atoms with van der Waals surface area (Å²) in [5, 5.41) is 6.11. The standard InChI is InChI=1S/C22H28N8O2/c1-2-32-20-12-26-10-17(27-20)16-6-5-15(24)21(28-16)22(31)29-18-11-25-8-7-19(18)30-9-3-4-14(23)13-30/h5-8,10-12,14,17,27H,2-4,9,13,23-24H2,1H3,(H,29,31)/t14-,17?/m0/s1. The van der Waals surface area contributed by atoms with E-state index in [0.29, 0.717) is 23.9 Å². The van der Waals surface area contributed by atoms with E-state index in [1.54, 1.807) is 36.9 Å². The van der Waals surface area contributed by atoms with Crippen LogP contribution in [0.1, 0.15) is 42.0 Å². The fourth-order valence-corrected chi connectivity index (χ4v) is 3.82. The van der Waals surface area contributed by atoms with Crippen molar-refractivity contribution < 1.29 is 9.53 Å². The fraction of sp³-hybridized carbons (Fsp3) is 0.364. The summed E-state index contributed by atoms with van der Waals surface area (Å²) in [5.74, 6) is 0.137. The molecular formula is C22H28N8O2. The lowest BCUT2D eigenvalue weighted by Gasteiger charge is -2.33. The molecule has 0 bridgehead atoms. The van der Waals surface area contributed by atoms with E-state index in [1.807, 2.05) is 13.0 Å². The van der Waals surface area contributed by atoms with Gasteiger partial charge in [0.05, 0.1) is 41.8 Å². The number of rotatable bonds is 6. The number of carbonyl (C=O) groups is 1. The number of nitrogens with two attached hydrogens (primary N) is 2. The number of aliphatic imine (C=N–C) groups is 1. The predicted molar refractivity (Wildman–Crippen MR) is 124 cm³/mol. The molecule has 2 aliphatic rings. The SMILES string of the molecule is CCOC1=CN=CC(c2ccc(N)c(C(=O)Nc3cnccc3N3CCC[C@H](N)C3)n2)N1. The van der Waals surface area contributed by atoms with Gasteiger partial charge in [-0.15, -0.1) is 0 Å². The van der Waals surface area contributed by atoms with Crippen LogP contribution in [0, 0.1) is 0 Å². The number of aromatic nitrogens is 2. The molecule has 1 fully saturated rings. The quantitative estimate of drug-likeness (QED) is 0.536. The first-order valence-corrected chi connectivity index (χ1v) is 10.7. The van der Waals surface area contributed by atoms with E-state index >= 15 is 0 Å². The van der Waals surface area contributed by atoms with E-state index in [4.69, 9.17) is 16.2 Å². The first kappa shape index (κ1) is 21.6. The van der Waals surface area contributed by atoms with Crippen molar-refractivity contribution in [3.8, 4) is 0 Å². The molecule has 4 rings (SSSR count). The molecule has 0 aromatic carbocycles. The third-order valence-corrected chi connectivity index (χ3v) is 5.35. The van der Waals surface area contributed by atoms with E-state index in [2.05, 4.69) is 30.5 Å². The summed E-state index contributed by atoms with van der Waals surface area (Å²) in [6, 6.07) is 5.08. The summed E-state index contributed by atoms with van der Waals surface area (Å²) in [4.78, 5) is 28.2. The lowest BCUT2D eigenvalue weighted by Crippen LogP contribution is -2.43. The Balaban J connectivity index is 1.54. The van der Waals surface area contributed by atoms with E-state index in [0.717, 1.165) is 31.6 Å². The maximum atomic E-state index is 13.1. The van der Waals surface area contributed by atoms with Gasteiger partial charge >= 0.3 is 0 Å². The molecule has 2 aromatic heterocycles. The summed E-state index contributed by atoms with van der Waals surface area (Å²) < 4.78 is 5.48. The predicted octanol–water partition coefficient (Wildman–Crippen LogP) is 1.79. The van der Waals surface area contributed by atoms with Gasteiger partial charge in [-0.05, 0) is 38.0 Å². The van der Waals surface area contributed by atoms with E-state index in [-0.39, 0.29) is 23.5 Å². The number of nitrogens with zero attached hydrogens (tertiary/aromatic N) is 4. The Morgan fingerprint density at radius 2 is 2.25 bits per heavy atom. The van der Waals surface area contributed by atoms with Crippen LogP contribution in [0.4, 0.5) is 17.1 Å². The van der Waals surface area contributed by atoms with Gasteiger partial charge in [-0.25, -0.2) is 4.98 Å². The number of carbonyl (C=O) groups excluding carboxylic acids is 1. The zero-order valence-corrected chi connectivity index (χ0v) is 18.0. The highest BCUT2D eigenvalue weighted by Gasteiger charge is 2.23. The molecule has 2 aliphatic heterocycles. The second kappa shape index (κ2) is 9.65. The van der Waals surface area contributed by atoms with Crippen molar-refractivity contribution >= 4 is 29.2 Å². The zero-order chi connectivity index (χ0) is 22.5. The third-order valence-electron chi connectivity index (χ3n) is 5.35. The average Bonchev–Trinajstić information content (AvgIpc) is 2.80. The van der Waals surface area contributed by atoms with Gasteiger partial charge in [0.1, 0.15) is 6.04 Å². The molecule has 2 aromatic rings. The number of ether oxygens (including phenoxy) is 1. The van der Waals surface area contributed by atoms with Crippen LogP contribution in [0.15, 0.2) is 47.7 Å². The maximum Gasteiger partial charge on any atom is 0.276 e. The third kappa shape index (κ3) is 4.80. The van der Waals surface area contributed by atoms with Crippen LogP contribution in [0.2, 0.25) is 0 Å². The van der Waals surface area contributed by atoms with Crippen LogP contribution in [0.3, 0.4) is 0 Å². The van der Waals surface area contributed by atoms with Gasteiger partial charge in [-0.2, -0.15) is 0 Å². The maximum absolute atomic E-state index is 13.1. The summed E-state index contributed by atoms with van der Waals surface area (Å²) in [7, 11) is 0. The molecule has 32 heavy (non-hydrogen) atoms. The number of piperidine rings is 1. The second-order valence-electron chi connectivity index (χ2n) is 7.72. The van der Waals surface area contributed by atoms with Crippen LogP contribution in [0.25, 0.3) is 0 Å². The van der Waals surface area contributed by atoms with Gasteiger partial charge in [0.15, 0.2) is 5.69 Å². The van der Waals surface area contributed by atoms with E-state index in [9.17, 15) is 4.79 Å². The Kier molecular flexibility index (Phi) is 6.50. The second-order valence-corrected chi connectivity index (χ2v) is 7.72. The Hall–Kier alpha value is -3.66. The molecule has 1 amide bonds. The summed E-state index contributed by atoms with van der Waals surface area (Å²) in [6.07, 6.45) is 8.62. The van der Waals surface area contributed by atoms with Gasteiger partial charge in [0.2, 0.25) is 5.88 Å². The number of nitrogen functional groups attached to an aromatic ring is 1. The first-order chi connectivity index (χ1) is 15.5. The molecule has 4 heterocycles. The highest BCUT2D eigenvalue weighted by atomic mass is 16.5. The van der Waals surface area contributed by atoms with Crippen molar-refractivity contribution in [3.05, 3.63) is 54.1 Å². The number of amides is 1. The highest BCUT2D eigenvalue weighted by Crippen LogP contribution is 2.28. The lowest BCUT2D eigenvalue weighted by molar-refractivity contribution is 0.102. The number of hydrogen-bond acceptors (Lipinski definition) is 9. The van der Waals surface area contributed by atoms with Gasteiger partial charge in [0.25, 0.3) is 5.91 Å². The lowest BCUT2D eigenvalue weighted by atomic mass is 10.1. The van der Waals surface area contributed by atoms with E-state index in [1.165, 1.54) is 0 Å². The Labute approximate surface area is 186 Å². The van der Waals surface area contributed by atoms with Crippen molar-refractivity contribution in [3.63, 3.8) is 0 Å². The smallest absolute Gasteiger partial charge is 0.276 e. The number of nitrogens with one attached hydrogen (secondary N) is 2. The number of hydrogen-bond donors (Lipinski definition) is 4. The Morgan fingerprint density at radius 3 is 3.06 bits per heavy atom. The molecular weight excluding hydrogens is 408 g/mol. The van der Waals surface area contributed by atoms with Gasteiger partial charge < -0.3 is 31.7 Å². The zero-order valence-electron chi connectivity index (χ0n) is 18.0. The molecule has 2 atom stereocenters. The summed E-state index contributed by atoms with van der Waals surface area (Å²) in [5.41, 5.74) is 14.7. The molecule has 10 heteroatoms. The van der Waals surface area contributed by atoms with Crippen LogP contribution in [-0.2, 0) is 4.74 Å². The highest BCUT2D eigenvalue weighted by molar-refractivity contribution is 6.07. The number of pyridine rings is 2. The van der Waals surface area contributed by atoms with Crippen LogP contribution < -0.4 is 27.0 Å². The minimum absolute atomic E-state index is 0.106. The van der Waals surface area contributed by atoms with Crippen molar-refractivity contribution in [1.29, 1.82) is 0 Å². The molecule has 1 unspecified atom stereocenters. The molecule has 0 radical (unpaired) electrons. The Bertz CT molecular complexity index is 1040. The normalized spacial score (nSPS) is 20.3. The van der Waals surface area contributed by atoms with Gasteiger partial charge in [-0.1, -0.05) is 0 Å². The van der Waals surface area contributed by atoms with Gasteiger partial charge in [0, 0.05) is 31.5 Å². The van der Waals surface area contributed by atoms with Crippen molar-refractivity contribution in [2.45, 2.75) is 31.8 Å². The molecule has 1 saturated heterocycles. The molecule has 0 aliphatic carbocycles. The Morgan fingerprint density at radius 1 is 1.38 bits per heavy atom.